The molecule has 0 fully saturated rings. The molecule has 2 aliphatic rings. The van der Waals surface area contributed by atoms with Gasteiger partial charge in [-0.05, 0) is 22.9 Å². The molecule has 6 heteroatoms. The van der Waals surface area contributed by atoms with E-state index in [1.54, 1.807) is 29.2 Å². The Labute approximate surface area is 130 Å². The second-order valence-electron chi connectivity index (χ2n) is 4.45. The maximum Gasteiger partial charge on any atom is 0.200 e. The molecule has 4 nitrogen and oxygen atoms in total. The topological polar surface area (TPSA) is 61.2 Å². The zero-order valence-corrected chi connectivity index (χ0v) is 12.5. The number of hydrogen-bond donors (Lipinski definition) is 0. The number of rotatable bonds is 1. The third-order valence-electron chi connectivity index (χ3n) is 3.20. The van der Waals surface area contributed by atoms with Crippen LogP contribution in [0.15, 0.2) is 44.9 Å². The Balaban J connectivity index is 2.15. The van der Waals surface area contributed by atoms with Gasteiger partial charge in [-0.1, -0.05) is 35.7 Å². The van der Waals surface area contributed by atoms with Crippen molar-refractivity contribution in [3.63, 3.8) is 0 Å². The van der Waals surface area contributed by atoms with Crippen LogP contribution in [0.5, 0.6) is 0 Å². The molecule has 0 spiro atoms. The van der Waals surface area contributed by atoms with E-state index in [1.165, 1.54) is 23.5 Å². The van der Waals surface area contributed by atoms with E-state index in [1.807, 2.05) is 16.9 Å². The number of nitrogens with zero attached hydrogens (tertiary/aromatic N) is 2. The molecule has 1 aromatic rings. The highest BCUT2D eigenvalue weighted by Crippen LogP contribution is 2.42. The molecule has 0 unspecified atom stereocenters. The predicted octanol–water partition coefficient (Wildman–Crippen LogP) is 2.94. The second kappa shape index (κ2) is 5.80. The van der Waals surface area contributed by atoms with Gasteiger partial charge >= 0.3 is 0 Å². The second-order valence-corrected chi connectivity index (χ2v) is 6.54. The van der Waals surface area contributed by atoms with Crippen LogP contribution in [0.4, 0.5) is 5.69 Å². The normalized spacial score (nSPS) is 17.8. The number of ketones is 2. The van der Waals surface area contributed by atoms with Crippen molar-refractivity contribution in [2.45, 2.75) is 0 Å². The minimum atomic E-state index is -0.255. The fourth-order valence-corrected chi connectivity index (χ4v) is 4.19. The van der Waals surface area contributed by atoms with Crippen molar-refractivity contribution in [3.05, 3.63) is 50.5 Å². The first kappa shape index (κ1) is 14.0. The van der Waals surface area contributed by atoms with Gasteiger partial charge in [0, 0.05) is 11.3 Å². The summed E-state index contributed by atoms with van der Waals surface area (Å²) in [4.78, 5) is 26.9. The molecule has 0 amide bonds. The first-order valence-corrected chi connectivity index (χ1v) is 7.99. The summed E-state index contributed by atoms with van der Waals surface area (Å²) in [6, 6.07) is 9.11. The van der Waals surface area contributed by atoms with Crippen molar-refractivity contribution in [3.8, 4) is 6.07 Å². The van der Waals surface area contributed by atoms with E-state index in [2.05, 4.69) is 0 Å². The number of hydrogen-bond acceptors (Lipinski definition) is 6. The Morgan fingerprint density at radius 3 is 2.62 bits per heavy atom. The zero-order valence-electron chi connectivity index (χ0n) is 10.9. The number of benzene rings is 1. The Kier molecular flexibility index (Phi) is 3.86. The number of carbonyl (C=O) groups is 2. The molecule has 0 saturated heterocycles. The quantitative estimate of drug-likeness (QED) is 0.451. The summed E-state index contributed by atoms with van der Waals surface area (Å²) in [6.45, 7) is 0.132. The van der Waals surface area contributed by atoms with E-state index >= 15 is 0 Å². The van der Waals surface area contributed by atoms with Gasteiger partial charge in [0.1, 0.15) is 6.54 Å². The molecule has 21 heavy (non-hydrogen) atoms. The van der Waals surface area contributed by atoms with E-state index < -0.39 is 0 Å². The monoisotopic (exact) mass is 314 g/mol. The Hall–Kier alpha value is -1.97. The standard InChI is InChI=1S/C15H10N2O2S2/c16-5-6-17-9-12(18)13(15-20-7-8-21-15)14(19)10-3-1-2-4-11(10)17/h1-4,7-8H,6,9H2. The van der Waals surface area contributed by atoms with Gasteiger partial charge < -0.3 is 4.90 Å². The van der Waals surface area contributed by atoms with Crippen LogP contribution in [0.1, 0.15) is 10.4 Å². The molecule has 0 bridgehead atoms. The molecule has 0 aromatic heterocycles. The third-order valence-corrected chi connectivity index (χ3v) is 5.33. The van der Waals surface area contributed by atoms with E-state index in [9.17, 15) is 9.59 Å². The maximum atomic E-state index is 12.7. The van der Waals surface area contributed by atoms with Gasteiger partial charge in [0.2, 0.25) is 0 Å². The molecular weight excluding hydrogens is 304 g/mol. The molecule has 0 aliphatic carbocycles. The molecule has 3 rings (SSSR count). The van der Waals surface area contributed by atoms with Crippen molar-refractivity contribution in [2.75, 3.05) is 18.0 Å². The summed E-state index contributed by atoms with van der Waals surface area (Å²) in [6.07, 6.45) is 0. The molecule has 0 radical (unpaired) electrons. The first-order chi connectivity index (χ1) is 10.2. The highest BCUT2D eigenvalue weighted by molar-refractivity contribution is 8.27. The fraction of sp³-hybridized carbons (Fsp3) is 0.133. The highest BCUT2D eigenvalue weighted by atomic mass is 32.2. The largest absolute Gasteiger partial charge is 0.350 e. The smallest absolute Gasteiger partial charge is 0.200 e. The summed E-state index contributed by atoms with van der Waals surface area (Å²) in [5, 5.41) is 12.7. The van der Waals surface area contributed by atoms with E-state index in [0.717, 1.165) is 4.24 Å². The lowest BCUT2D eigenvalue weighted by atomic mass is 10.0. The molecule has 0 N–H and O–H groups in total. The van der Waals surface area contributed by atoms with Crippen molar-refractivity contribution in [1.82, 2.24) is 0 Å². The van der Waals surface area contributed by atoms with Crippen LogP contribution >= 0.6 is 23.5 Å². The summed E-state index contributed by atoms with van der Waals surface area (Å²) >= 11 is 2.78. The Morgan fingerprint density at radius 1 is 1.19 bits per heavy atom. The lowest BCUT2D eigenvalue weighted by molar-refractivity contribution is -0.114. The average Bonchev–Trinajstić information content (AvgIpc) is 2.97. The predicted molar refractivity (Wildman–Crippen MR) is 85.0 cm³/mol. The van der Waals surface area contributed by atoms with Crippen LogP contribution in [0, 0.1) is 11.3 Å². The van der Waals surface area contributed by atoms with Crippen molar-refractivity contribution in [1.29, 1.82) is 5.26 Å². The minimum Gasteiger partial charge on any atom is -0.350 e. The summed E-state index contributed by atoms with van der Waals surface area (Å²) < 4.78 is 0.721. The molecule has 0 atom stereocenters. The first-order valence-electron chi connectivity index (χ1n) is 6.24. The van der Waals surface area contributed by atoms with E-state index in [4.69, 9.17) is 5.26 Å². The molecule has 104 valence electrons. The molecule has 1 aromatic carbocycles. The SMILES string of the molecule is N#CCN1CC(=O)C(=C2SC=CS2)C(=O)c2ccccc21. The Morgan fingerprint density at radius 2 is 1.90 bits per heavy atom. The highest BCUT2D eigenvalue weighted by Gasteiger charge is 2.32. The number of thioether (sulfide) groups is 2. The summed E-state index contributed by atoms with van der Waals surface area (Å²) in [7, 11) is 0. The van der Waals surface area contributed by atoms with Crippen LogP contribution in [0.25, 0.3) is 0 Å². The van der Waals surface area contributed by atoms with E-state index in [0.29, 0.717) is 11.3 Å². The summed E-state index contributed by atoms with van der Waals surface area (Å²) in [5.74, 6) is -0.486. The number of fused-ring (bicyclic) bond motifs is 1. The molecule has 2 heterocycles. The van der Waals surface area contributed by atoms with Crippen LogP contribution in [-0.2, 0) is 4.79 Å². The van der Waals surface area contributed by atoms with Gasteiger partial charge in [0.25, 0.3) is 0 Å². The number of Topliss-reactive ketones (excluding diaryl/α,β-unsaturated/α-hetero) is 2. The van der Waals surface area contributed by atoms with Gasteiger partial charge in [0.05, 0.1) is 22.4 Å². The van der Waals surface area contributed by atoms with Gasteiger partial charge in [-0.15, -0.1) is 0 Å². The van der Waals surface area contributed by atoms with E-state index in [-0.39, 0.29) is 30.2 Å². The fourth-order valence-electron chi connectivity index (χ4n) is 2.30. The van der Waals surface area contributed by atoms with Gasteiger partial charge in [-0.3, -0.25) is 9.59 Å². The number of para-hydroxylation sites is 1. The molecular formula is C15H10N2O2S2. The van der Waals surface area contributed by atoms with Gasteiger partial charge in [0.15, 0.2) is 11.6 Å². The third kappa shape index (κ3) is 2.50. The van der Waals surface area contributed by atoms with Crippen LogP contribution in [-0.4, -0.2) is 24.7 Å². The van der Waals surface area contributed by atoms with Crippen LogP contribution in [0.3, 0.4) is 0 Å². The van der Waals surface area contributed by atoms with Crippen molar-refractivity contribution >= 4 is 40.8 Å². The molecule has 2 aliphatic heterocycles. The average molecular weight is 314 g/mol. The Bertz CT molecular complexity index is 721. The minimum absolute atomic E-state index is 0.0519. The number of nitriles is 1. The van der Waals surface area contributed by atoms with Gasteiger partial charge in [-0.2, -0.15) is 5.26 Å². The number of anilines is 1. The van der Waals surface area contributed by atoms with Crippen LogP contribution in [0.2, 0.25) is 0 Å². The lowest BCUT2D eigenvalue weighted by Gasteiger charge is -2.19. The van der Waals surface area contributed by atoms with Crippen LogP contribution < -0.4 is 4.90 Å². The molecule has 0 saturated carbocycles. The van der Waals surface area contributed by atoms with Crippen molar-refractivity contribution < 1.29 is 9.59 Å². The summed E-state index contributed by atoms with van der Waals surface area (Å²) in [5.41, 5.74) is 1.37. The zero-order chi connectivity index (χ0) is 14.8. The van der Waals surface area contributed by atoms with Gasteiger partial charge in [-0.25, -0.2) is 0 Å². The maximum absolute atomic E-state index is 12.7. The van der Waals surface area contributed by atoms with Crippen molar-refractivity contribution in [2.24, 2.45) is 0 Å². The lowest BCUT2D eigenvalue weighted by Crippen LogP contribution is -2.29. The number of carbonyl (C=O) groups excluding carboxylic acids is 2.